The quantitative estimate of drug-likeness (QED) is 0.684. The van der Waals surface area contributed by atoms with Crippen LogP contribution in [0.3, 0.4) is 0 Å². The number of halogens is 2. The maximum Gasteiger partial charge on any atom is 0.273 e. The highest BCUT2D eigenvalue weighted by atomic mass is 19.1. The Balaban J connectivity index is 2.03. The van der Waals surface area contributed by atoms with Crippen molar-refractivity contribution in [3.05, 3.63) is 53.7 Å². The van der Waals surface area contributed by atoms with Crippen molar-refractivity contribution in [3.8, 4) is 23.0 Å². The number of benzene rings is 2. The van der Waals surface area contributed by atoms with Crippen LogP contribution in [0.15, 0.2) is 40.8 Å². The second-order valence-electron chi connectivity index (χ2n) is 5.35. The summed E-state index contributed by atoms with van der Waals surface area (Å²) < 4.78 is 43.7. The van der Waals surface area contributed by atoms with Gasteiger partial charge in [-0.2, -0.15) is 0 Å². The average molecular weight is 375 g/mol. The van der Waals surface area contributed by atoms with Crippen LogP contribution < -0.4 is 20.5 Å². The Morgan fingerprint density at radius 2 is 1.78 bits per heavy atom. The molecule has 0 bridgehead atoms. The van der Waals surface area contributed by atoms with Gasteiger partial charge in [-0.3, -0.25) is 4.79 Å². The van der Waals surface area contributed by atoms with Crippen molar-refractivity contribution in [3.63, 3.8) is 0 Å². The highest BCUT2D eigenvalue weighted by molar-refractivity contribution is 5.96. The highest BCUT2D eigenvalue weighted by Gasteiger charge is 2.23. The van der Waals surface area contributed by atoms with Gasteiger partial charge in [-0.05, 0) is 24.3 Å². The Morgan fingerprint density at radius 3 is 2.37 bits per heavy atom. The second-order valence-corrected chi connectivity index (χ2v) is 5.35. The fourth-order valence-corrected chi connectivity index (χ4v) is 2.43. The van der Waals surface area contributed by atoms with E-state index < -0.39 is 29.0 Å². The number of rotatable bonds is 6. The molecule has 27 heavy (non-hydrogen) atoms. The maximum atomic E-state index is 14.0. The molecule has 1 amide bonds. The van der Waals surface area contributed by atoms with Gasteiger partial charge in [0, 0.05) is 11.8 Å². The predicted octanol–water partition coefficient (Wildman–Crippen LogP) is 3.48. The van der Waals surface area contributed by atoms with Crippen LogP contribution in [0.4, 0.5) is 20.4 Å². The molecule has 7 nitrogen and oxygen atoms in total. The summed E-state index contributed by atoms with van der Waals surface area (Å²) >= 11 is 0. The number of ether oxygens (including phenoxy) is 2. The summed E-state index contributed by atoms with van der Waals surface area (Å²) in [6.45, 7) is 0. The number of amides is 1. The van der Waals surface area contributed by atoms with Crippen molar-refractivity contribution in [2.24, 2.45) is 5.73 Å². The number of oxazole rings is 1. The minimum absolute atomic E-state index is 0.160. The van der Waals surface area contributed by atoms with Crippen LogP contribution in [0.1, 0.15) is 10.5 Å². The number of nitrogens with one attached hydrogen (secondary N) is 1. The standard InChI is InChI=1S/C18H15F2N3O4/c1-25-12-7-6-9(8-13(12)26-2)22-18-15(16(21)24)23-17(27-18)14-10(19)4-3-5-11(14)20/h3-8,22H,1-2H3,(H2,21,24). The van der Waals surface area contributed by atoms with Crippen molar-refractivity contribution in [2.75, 3.05) is 19.5 Å². The first-order valence-electron chi connectivity index (χ1n) is 7.68. The van der Waals surface area contributed by atoms with Crippen LogP contribution in [0.5, 0.6) is 11.5 Å². The third-order valence-corrected chi connectivity index (χ3v) is 3.68. The summed E-state index contributed by atoms with van der Waals surface area (Å²) in [5, 5.41) is 2.80. The third-order valence-electron chi connectivity index (χ3n) is 3.68. The Hall–Kier alpha value is -3.62. The fourth-order valence-electron chi connectivity index (χ4n) is 2.43. The van der Waals surface area contributed by atoms with Crippen LogP contribution in [-0.4, -0.2) is 25.1 Å². The van der Waals surface area contributed by atoms with Crippen molar-refractivity contribution >= 4 is 17.5 Å². The third kappa shape index (κ3) is 3.52. The Bertz CT molecular complexity index is 984. The zero-order valence-corrected chi connectivity index (χ0v) is 14.4. The average Bonchev–Trinajstić information content (AvgIpc) is 3.05. The van der Waals surface area contributed by atoms with E-state index in [1.807, 2.05) is 0 Å². The molecule has 0 aliphatic rings. The molecule has 0 radical (unpaired) electrons. The van der Waals surface area contributed by atoms with E-state index in [9.17, 15) is 13.6 Å². The van der Waals surface area contributed by atoms with Crippen LogP contribution in [0.25, 0.3) is 11.5 Å². The number of carbonyl (C=O) groups excluding carboxylic acids is 1. The second kappa shape index (κ2) is 7.32. The van der Waals surface area contributed by atoms with E-state index in [1.54, 1.807) is 18.2 Å². The molecular formula is C18H15F2N3O4. The normalized spacial score (nSPS) is 10.5. The van der Waals surface area contributed by atoms with E-state index >= 15 is 0 Å². The van der Waals surface area contributed by atoms with Gasteiger partial charge >= 0.3 is 0 Å². The molecule has 3 rings (SSSR count). The summed E-state index contributed by atoms with van der Waals surface area (Å²) in [4.78, 5) is 15.5. The van der Waals surface area contributed by atoms with E-state index in [4.69, 9.17) is 19.6 Å². The Labute approximate surface area is 152 Å². The Kier molecular flexibility index (Phi) is 4.93. The van der Waals surface area contributed by atoms with Crippen molar-refractivity contribution in [1.82, 2.24) is 4.98 Å². The number of anilines is 2. The lowest BCUT2D eigenvalue weighted by atomic mass is 10.2. The summed E-state index contributed by atoms with van der Waals surface area (Å²) in [6.07, 6.45) is 0. The number of primary amides is 1. The van der Waals surface area contributed by atoms with Gasteiger partial charge in [0.2, 0.25) is 11.8 Å². The fraction of sp³-hybridized carbons (Fsp3) is 0.111. The lowest BCUT2D eigenvalue weighted by molar-refractivity contribution is 0.0996. The van der Waals surface area contributed by atoms with Crippen molar-refractivity contribution in [1.29, 1.82) is 0 Å². The topological polar surface area (TPSA) is 99.6 Å². The maximum absolute atomic E-state index is 14.0. The monoisotopic (exact) mass is 375 g/mol. The van der Waals surface area contributed by atoms with Gasteiger partial charge in [0.05, 0.1) is 14.2 Å². The van der Waals surface area contributed by atoms with Gasteiger partial charge < -0.3 is 24.9 Å². The smallest absolute Gasteiger partial charge is 0.273 e. The van der Waals surface area contributed by atoms with Gasteiger partial charge in [0.15, 0.2) is 17.2 Å². The van der Waals surface area contributed by atoms with Crippen LogP contribution in [0.2, 0.25) is 0 Å². The number of aromatic nitrogens is 1. The van der Waals surface area contributed by atoms with Gasteiger partial charge in [-0.1, -0.05) is 6.07 Å². The zero-order chi connectivity index (χ0) is 19.6. The molecule has 0 aliphatic carbocycles. The largest absolute Gasteiger partial charge is 0.493 e. The van der Waals surface area contributed by atoms with Gasteiger partial charge in [-0.15, -0.1) is 0 Å². The van der Waals surface area contributed by atoms with E-state index in [0.29, 0.717) is 17.2 Å². The van der Waals surface area contributed by atoms with E-state index in [2.05, 4.69) is 10.3 Å². The molecule has 3 aromatic rings. The van der Waals surface area contributed by atoms with Gasteiger partial charge in [0.25, 0.3) is 5.91 Å². The minimum Gasteiger partial charge on any atom is -0.493 e. The molecule has 0 saturated carbocycles. The molecule has 0 saturated heterocycles. The van der Waals surface area contributed by atoms with Gasteiger partial charge in [0.1, 0.15) is 17.2 Å². The summed E-state index contributed by atoms with van der Waals surface area (Å²) in [7, 11) is 2.95. The molecule has 140 valence electrons. The first-order valence-corrected chi connectivity index (χ1v) is 7.68. The number of hydrogen-bond donors (Lipinski definition) is 2. The zero-order valence-electron chi connectivity index (χ0n) is 14.4. The molecule has 0 atom stereocenters. The lowest BCUT2D eigenvalue weighted by Crippen LogP contribution is -2.13. The van der Waals surface area contributed by atoms with Gasteiger partial charge in [-0.25, -0.2) is 13.8 Å². The first-order chi connectivity index (χ1) is 12.9. The Morgan fingerprint density at radius 1 is 1.11 bits per heavy atom. The van der Waals surface area contributed by atoms with Crippen molar-refractivity contribution in [2.45, 2.75) is 0 Å². The molecule has 3 N–H and O–H groups in total. The molecule has 0 unspecified atom stereocenters. The SMILES string of the molecule is COc1ccc(Nc2oc(-c3c(F)cccc3F)nc2C(N)=O)cc1OC. The van der Waals surface area contributed by atoms with Crippen molar-refractivity contribution < 1.29 is 27.5 Å². The molecule has 1 aromatic heterocycles. The van der Waals surface area contributed by atoms with E-state index in [1.165, 1.54) is 20.3 Å². The van der Waals surface area contributed by atoms with E-state index in [0.717, 1.165) is 12.1 Å². The summed E-state index contributed by atoms with van der Waals surface area (Å²) in [6, 6.07) is 8.13. The van der Waals surface area contributed by atoms with Crippen LogP contribution in [-0.2, 0) is 0 Å². The summed E-state index contributed by atoms with van der Waals surface area (Å²) in [5.74, 6) is -2.36. The minimum atomic E-state index is -0.926. The summed E-state index contributed by atoms with van der Waals surface area (Å²) in [5.41, 5.74) is 4.95. The molecule has 0 spiro atoms. The number of carbonyl (C=O) groups is 1. The first kappa shape index (κ1) is 18.2. The van der Waals surface area contributed by atoms with E-state index in [-0.39, 0.29) is 11.6 Å². The number of nitrogens with two attached hydrogens (primary N) is 1. The number of methoxy groups -OCH3 is 2. The molecule has 0 fully saturated rings. The molecule has 1 heterocycles. The highest BCUT2D eigenvalue weighted by Crippen LogP contribution is 2.34. The lowest BCUT2D eigenvalue weighted by Gasteiger charge is -2.10. The number of nitrogens with zero attached hydrogens (tertiary/aromatic N) is 1. The molecule has 0 aliphatic heterocycles. The van der Waals surface area contributed by atoms with Crippen LogP contribution in [0, 0.1) is 11.6 Å². The van der Waals surface area contributed by atoms with Crippen LogP contribution >= 0.6 is 0 Å². The predicted molar refractivity (Wildman–Crippen MR) is 93.2 cm³/mol. The molecular weight excluding hydrogens is 360 g/mol. The molecule has 9 heteroatoms. The number of hydrogen-bond acceptors (Lipinski definition) is 6. The molecule has 2 aromatic carbocycles.